The summed E-state index contributed by atoms with van der Waals surface area (Å²) in [5.74, 6) is 1.88. The third-order valence-corrected chi connectivity index (χ3v) is 4.68. The first-order valence-electron chi connectivity index (χ1n) is 7.17. The number of phenolic OH excluding ortho intramolecular Hbond substituents is 1. The van der Waals surface area contributed by atoms with Crippen LogP contribution < -0.4 is 0 Å². The van der Waals surface area contributed by atoms with Crippen molar-refractivity contribution in [3.05, 3.63) is 29.3 Å². The first kappa shape index (κ1) is 11.1. The van der Waals surface area contributed by atoms with Gasteiger partial charge < -0.3 is 5.11 Å². The Balaban J connectivity index is 1.82. The Morgan fingerprint density at radius 3 is 2.00 bits per heavy atom. The van der Waals surface area contributed by atoms with Crippen molar-refractivity contribution in [3.8, 4) is 5.75 Å². The molecule has 1 N–H and O–H groups in total. The van der Waals surface area contributed by atoms with Gasteiger partial charge in [0.05, 0.1) is 0 Å². The highest BCUT2D eigenvalue weighted by atomic mass is 16.3. The molecule has 2 fully saturated rings. The number of hydrogen-bond acceptors (Lipinski definition) is 1. The van der Waals surface area contributed by atoms with E-state index in [1.54, 1.807) is 0 Å². The molecule has 2 aliphatic rings. The van der Waals surface area contributed by atoms with Crippen molar-refractivity contribution in [2.24, 2.45) is 0 Å². The summed E-state index contributed by atoms with van der Waals surface area (Å²) in [6.07, 6.45) is 10.5. The van der Waals surface area contributed by atoms with Crippen molar-refractivity contribution in [1.29, 1.82) is 0 Å². The lowest BCUT2D eigenvalue weighted by molar-refractivity contribution is 0.459. The Morgan fingerprint density at radius 1 is 0.824 bits per heavy atom. The number of benzene rings is 1. The molecule has 0 aromatic heterocycles. The van der Waals surface area contributed by atoms with E-state index in [-0.39, 0.29) is 0 Å². The average molecular weight is 230 g/mol. The molecule has 2 saturated carbocycles. The Bertz CT molecular complexity index is 385. The quantitative estimate of drug-likeness (QED) is 0.780. The highest BCUT2D eigenvalue weighted by molar-refractivity contribution is 5.40. The lowest BCUT2D eigenvalue weighted by Crippen LogP contribution is -1.96. The molecule has 0 radical (unpaired) electrons. The van der Waals surface area contributed by atoms with E-state index in [0.29, 0.717) is 17.6 Å². The average Bonchev–Trinajstić information content (AvgIpc) is 3.02. The predicted molar refractivity (Wildman–Crippen MR) is 70.5 cm³/mol. The minimum absolute atomic E-state index is 0.557. The van der Waals surface area contributed by atoms with E-state index >= 15 is 0 Å². The smallest absolute Gasteiger partial charge is 0.119 e. The van der Waals surface area contributed by atoms with E-state index in [1.165, 1.54) is 62.5 Å². The van der Waals surface area contributed by atoms with Crippen molar-refractivity contribution >= 4 is 0 Å². The molecule has 0 aliphatic heterocycles. The van der Waals surface area contributed by atoms with Gasteiger partial charge in [-0.05, 0) is 54.7 Å². The fourth-order valence-corrected chi connectivity index (χ4v) is 3.66. The summed E-state index contributed by atoms with van der Waals surface area (Å²) in [6.45, 7) is 0. The van der Waals surface area contributed by atoms with Gasteiger partial charge in [0.15, 0.2) is 0 Å². The predicted octanol–water partition coefficient (Wildman–Crippen LogP) is 4.71. The van der Waals surface area contributed by atoms with Gasteiger partial charge in [-0.1, -0.05) is 37.8 Å². The highest BCUT2D eigenvalue weighted by Crippen LogP contribution is 2.41. The highest BCUT2D eigenvalue weighted by Gasteiger charge is 2.22. The van der Waals surface area contributed by atoms with E-state index in [9.17, 15) is 5.11 Å². The van der Waals surface area contributed by atoms with Crippen LogP contribution in [0.25, 0.3) is 0 Å². The summed E-state index contributed by atoms with van der Waals surface area (Å²) < 4.78 is 0. The Hall–Kier alpha value is -0.980. The minimum atomic E-state index is 0.557. The van der Waals surface area contributed by atoms with Gasteiger partial charge in [-0.15, -0.1) is 0 Å². The molecule has 1 aromatic carbocycles. The molecule has 0 heterocycles. The third kappa shape index (κ3) is 2.20. The molecule has 3 rings (SSSR count). The SMILES string of the molecule is Oc1cc(C2CCCC2)ccc1C1CCCC1. The summed E-state index contributed by atoms with van der Waals surface area (Å²) >= 11 is 0. The van der Waals surface area contributed by atoms with Gasteiger partial charge in [-0.3, -0.25) is 0 Å². The normalized spacial score (nSPS) is 22.4. The van der Waals surface area contributed by atoms with Crippen LogP contribution in [-0.4, -0.2) is 5.11 Å². The van der Waals surface area contributed by atoms with Gasteiger partial charge in [0.2, 0.25) is 0 Å². The molecule has 0 saturated heterocycles. The minimum Gasteiger partial charge on any atom is -0.508 e. The first-order valence-corrected chi connectivity index (χ1v) is 7.17. The van der Waals surface area contributed by atoms with Crippen LogP contribution in [0.4, 0.5) is 0 Å². The van der Waals surface area contributed by atoms with Crippen molar-refractivity contribution < 1.29 is 5.11 Å². The summed E-state index contributed by atoms with van der Waals surface area (Å²) in [7, 11) is 0. The largest absolute Gasteiger partial charge is 0.508 e. The molecule has 2 aliphatic carbocycles. The maximum Gasteiger partial charge on any atom is 0.119 e. The molecule has 0 bridgehead atoms. The Labute approximate surface area is 104 Å². The number of phenols is 1. The van der Waals surface area contributed by atoms with E-state index in [4.69, 9.17) is 0 Å². The van der Waals surface area contributed by atoms with Gasteiger partial charge in [-0.25, -0.2) is 0 Å². The molecule has 1 aromatic rings. The van der Waals surface area contributed by atoms with Crippen molar-refractivity contribution in [2.45, 2.75) is 63.2 Å². The van der Waals surface area contributed by atoms with Crippen molar-refractivity contribution in [1.82, 2.24) is 0 Å². The number of aromatic hydroxyl groups is 1. The van der Waals surface area contributed by atoms with Crippen LogP contribution in [-0.2, 0) is 0 Å². The first-order chi connectivity index (χ1) is 8.34. The number of rotatable bonds is 2. The lowest BCUT2D eigenvalue weighted by atomic mass is 9.91. The van der Waals surface area contributed by atoms with E-state index in [1.807, 2.05) is 6.07 Å². The third-order valence-electron chi connectivity index (χ3n) is 4.68. The van der Waals surface area contributed by atoms with Crippen LogP contribution in [0.15, 0.2) is 18.2 Å². The maximum atomic E-state index is 10.2. The second kappa shape index (κ2) is 4.72. The van der Waals surface area contributed by atoms with Gasteiger partial charge >= 0.3 is 0 Å². The van der Waals surface area contributed by atoms with E-state index < -0.39 is 0 Å². The zero-order chi connectivity index (χ0) is 11.7. The fourth-order valence-electron chi connectivity index (χ4n) is 3.66. The fraction of sp³-hybridized carbons (Fsp3) is 0.625. The molecular formula is C16H22O. The van der Waals surface area contributed by atoms with Crippen LogP contribution >= 0.6 is 0 Å². The van der Waals surface area contributed by atoms with E-state index in [0.717, 1.165) is 0 Å². The molecule has 0 atom stereocenters. The molecule has 1 nitrogen and oxygen atoms in total. The molecular weight excluding hydrogens is 208 g/mol. The van der Waals surface area contributed by atoms with Gasteiger partial charge in [0.1, 0.15) is 5.75 Å². The summed E-state index contributed by atoms with van der Waals surface area (Å²) in [6, 6.07) is 6.51. The van der Waals surface area contributed by atoms with Crippen molar-refractivity contribution in [3.63, 3.8) is 0 Å². The second-order valence-corrected chi connectivity index (χ2v) is 5.78. The zero-order valence-electron chi connectivity index (χ0n) is 10.5. The Morgan fingerprint density at radius 2 is 1.41 bits per heavy atom. The Kier molecular flexibility index (Phi) is 3.09. The van der Waals surface area contributed by atoms with Crippen LogP contribution in [0.5, 0.6) is 5.75 Å². The van der Waals surface area contributed by atoms with Gasteiger partial charge in [0.25, 0.3) is 0 Å². The standard InChI is InChI=1S/C16H22O/c17-16-11-14(12-5-1-2-6-12)9-10-15(16)13-7-3-4-8-13/h9-13,17H,1-8H2. The van der Waals surface area contributed by atoms with Gasteiger partial charge in [-0.2, -0.15) is 0 Å². The molecule has 0 spiro atoms. The molecule has 0 unspecified atom stereocenters. The molecule has 0 amide bonds. The van der Waals surface area contributed by atoms with Crippen LogP contribution in [0.1, 0.15) is 74.3 Å². The topological polar surface area (TPSA) is 20.2 Å². The van der Waals surface area contributed by atoms with Crippen molar-refractivity contribution in [2.75, 3.05) is 0 Å². The maximum absolute atomic E-state index is 10.2. The number of hydrogen-bond donors (Lipinski definition) is 1. The monoisotopic (exact) mass is 230 g/mol. The second-order valence-electron chi connectivity index (χ2n) is 5.78. The van der Waals surface area contributed by atoms with Crippen LogP contribution in [0.2, 0.25) is 0 Å². The van der Waals surface area contributed by atoms with Gasteiger partial charge in [0, 0.05) is 0 Å². The summed E-state index contributed by atoms with van der Waals surface area (Å²) in [5.41, 5.74) is 2.56. The van der Waals surface area contributed by atoms with Crippen LogP contribution in [0, 0.1) is 0 Å². The zero-order valence-corrected chi connectivity index (χ0v) is 10.5. The van der Waals surface area contributed by atoms with E-state index in [2.05, 4.69) is 12.1 Å². The van der Waals surface area contributed by atoms with Crippen LogP contribution in [0.3, 0.4) is 0 Å². The molecule has 92 valence electrons. The molecule has 1 heteroatoms. The summed E-state index contributed by atoms with van der Waals surface area (Å²) in [5, 5.41) is 10.2. The summed E-state index contributed by atoms with van der Waals surface area (Å²) in [4.78, 5) is 0. The lowest BCUT2D eigenvalue weighted by Gasteiger charge is -2.15. The molecule has 17 heavy (non-hydrogen) atoms.